The largest absolute Gasteiger partial charge is 0.476 e. The molecule has 2 heterocycles. The molecule has 1 aliphatic rings. The van der Waals surface area contributed by atoms with Crippen LogP contribution < -0.4 is 15.6 Å². The van der Waals surface area contributed by atoms with Gasteiger partial charge in [-0.15, -0.1) is 0 Å². The van der Waals surface area contributed by atoms with Crippen LogP contribution in [0, 0.1) is 6.92 Å². The summed E-state index contributed by atoms with van der Waals surface area (Å²) in [5.74, 6) is 0.881. The number of halogens is 1. The van der Waals surface area contributed by atoms with Gasteiger partial charge in [-0.25, -0.2) is 0 Å². The number of ether oxygens (including phenoxy) is 1. The van der Waals surface area contributed by atoms with Gasteiger partial charge in [0.2, 0.25) is 6.10 Å². The Kier molecular flexibility index (Phi) is 6.83. The highest BCUT2D eigenvalue weighted by Crippen LogP contribution is 2.35. The minimum Gasteiger partial charge on any atom is -0.476 e. The van der Waals surface area contributed by atoms with Crippen molar-refractivity contribution < 1.29 is 14.1 Å². The molecule has 2 aromatic heterocycles. The SMILES string of the molecule is Cc1onc2c1c(=O)n(C1CCCC(NC(=O)C(Oc3ccccc3)c3ccccc3)C1)c1cccc(Cl)c21. The summed E-state index contributed by atoms with van der Waals surface area (Å²) in [6, 6.07) is 24.1. The van der Waals surface area contributed by atoms with Crippen molar-refractivity contribution in [2.75, 3.05) is 0 Å². The Morgan fingerprint density at radius 2 is 1.77 bits per heavy atom. The summed E-state index contributed by atoms with van der Waals surface area (Å²) >= 11 is 6.60. The third-order valence-electron chi connectivity index (χ3n) is 7.48. The molecule has 3 aromatic carbocycles. The van der Waals surface area contributed by atoms with Crippen molar-refractivity contribution in [3.05, 3.63) is 106 Å². The van der Waals surface area contributed by atoms with Crippen LogP contribution in [0.5, 0.6) is 5.75 Å². The van der Waals surface area contributed by atoms with Crippen LogP contribution in [-0.4, -0.2) is 21.7 Å². The number of carbonyl (C=O) groups is 1. The van der Waals surface area contributed by atoms with Crippen LogP contribution in [-0.2, 0) is 4.79 Å². The molecule has 1 N–H and O–H groups in total. The molecule has 0 spiro atoms. The van der Waals surface area contributed by atoms with E-state index in [0.717, 1.165) is 30.3 Å². The number of hydrogen-bond acceptors (Lipinski definition) is 5. The number of para-hydroxylation sites is 1. The fraction of sp³-hybridized carbons (Fsp3) is 0.258. The Bertz CT molecular complexity index is 1700. The van der Waals surface area contributed by atoms with Gasteiger partial charge in [-0.3, -0.25) is 9.59 Å². The number of hydrogen-bond donors (Lipinski definition) is 1. The fourth-order valence-electron chi connectivity index (χ4n) is 5.68. The maximum absolute atomic E-state index is 13.8. The van der Waals surface area contributed by atoms with E-state index in [1.54, 1.807) is 13.0 Å². The van der Waals surface area contributed by atoms with Crippen LogP contribution >= 0.6 is 11.6 Å². The third-order valence-corrected chi connectivity index (χ3v) is 7.79. The summed E-state index contributed by atoms with van der Waals surface area (Å²) in [6.45, 7) is 1.74. The number of benzene rings is 3. The van der Waals surface area contributed by atoms with Crippen LogP contribution in [0.1, 0.15) is 49.2 Å². The predicted octanol–water partition coefficient (Wildman–Crippen LogP) is 6.52. The van der Waals surface area contributed by atoms with Crippen LogP contribution in [0.2, 0.25) is 5.02 Å². The second kappa shape index (κ2) is 10.6. The monoisotopic (exact) mass is 541 g/mol. The quantitative estimate of drug-likeness (QED) is 0.264. The molecule has 198 valence electrons. The van der Waals surface area contributed by atoms with Crippen molar-refractivity contribution >= 4 is 39.3 Å². The van der Waals surface area contributed by atoms with E-state index in [2.05, 4.69) is 10.5 Å². The number of nitrogens with one attached hydrogen (secondary N) is 1. The molecule has 0 aliphatic heterocycles. The highest BCUT2D eigenvalue weighted by atomic mass is 35.5. The molecule has 8 heteroatoms. The number of pyridine rings is 1. The fourth-order valence-corrected chi connectivity index (χ4v) is 5.94. The number of aromatic nitrogens is 2. The normalized spacial score (nSPS) is 18.2. The lowest BCUT2D eigenvalue weighted by atomic mass is 9.89. The number of rotatable bonds is 6. The van der Waals surface area contributed by atoms with Crippen molar-refractivity contribution in [3.8, 4) is 5.75 Å². The zero-order chi connectivity index (χ0) is 26.9. The first-order chi connectivity index (χ1) is 19.0. The summed E-state index contributed by atoms with van der Waals surface area (Å²) in [5, 5.41) is 9.04. The van der Waals surface area contributed by atoms with E-state index >= 15 is 0 Å². The highest BCUT2D eigenvalue weighted by molar-refractivity contribution is 6.37. The van der Waals surface area contributed by atoms with Gasteiger partial charge in [0.1, 0.15) is 22.4 Å². The average Bonchev–Trinajstić information content (AvgIpc) is 3.34. The van der Waals surface area contributed by atoms with Crippen LogP contribution in [0.15, 0.2) is 88.2 Å². The molecular weight excluding hydrogens is 514 g/mol. The molecule has 0 bridgehead atoms. The molecule has 0 saturated heterocycles. The summed E-state index contributed by atoms with van der Waals surface area (Å²) in [5.41, 5.74) is 1.83. The van der Waals surface area contributed by atoms with E-state index in [1.807, 2.05) is 77.4 Å². The van der Waals surface area contributed by atoms with Crippen molar-refractivity contribution in [2.24, 2.45) is 0 Å². The number of fused-ring (bicyclic) bond motifs is 3. The van der Waals surface area contributed by atoms with Gasteiger partial charge < -0.3 is 19.1 Å². The molecular formula is C31H28ClN3O4. The van der Waals surface area contributed by atoms with E-state index in [0.29, 0.717) is 39.2 Å². The Morgan fingerprint density at radius 1 is 1.03 bits per heavy atom. The van der Waals surface area contributed by atoms with E-state index in [9.17, 15) is 9.59 Å². The highest BCUT2D eigenvalue weighted by Gasteiger charge is 2.31. The van der Waals surface area contributed by atoms with E-state index in [-0.39, 0.29) is 23.6 Å². The van der Waals surface area contributed by atoms with Gasteiger partial charge in [-0.1, -0.05) is 71.4 Å². The first kappa shape index (κ1) is 25.2. The second-order valence-corrected chi connectivity index (χ2v) is 10.4. The second-order valence-electron chi connectivity index (χ2n) is 10.0. The Balaban J connectivity index is 1.31. The molecule has 3 unspecified atom stereocenters. The Labute approximate surface area is 230 Å². The number of amides is 1. The summed E-state index contributed by atoms with van der Waals surface area (Å²) in [7, 11) is 0. The van der Waals surface area contributed by atoms with Crippen molar-refractivity contribution in [2.45, 2.75) is 50.8 Å². The van der Waals surface area contributed by atoms with Crippen LogP contribution in [0.3, 0.4) is 0 Å². The first-order valence-electron chi connectivity index (χ1n) is 13.2. The van der Waals surface area contributed by atoms with E-state index in [4.69, 9.17) is 20.9 Å². The van der Waals surface area contributed by atoms with E-state index in [1.165, 1.54) is 0 Å². The molecule has 5 aromatic rings. The summed E-state index contributed by atoms with van der Waals surface area (Å²) < 4.78 is 13.4. The molecule has 1 fully saturated rings. The minimum atomic E-state index is -0.799. The van der Waals surface area contributed by atoms with Crippen molar-refractivity contribution in [1.82, 2.24) is 15.0 Å². The third kappa shape index (κ3) is 4.79. The van der Waals surface area contributed by atoms with Crippen LogP contribution in [0.25, 0.3) is 21.8 Å². The van der Waals surface area contributed by atoms with Gasteiger partial charge in [-0.2, -0.15) is 0 Å². The standard InChI is InChI=1S/C31H28ClN3O4/c1-19-26-28(34-39-19)27-24(32)16-9-17-25(27)35(31(26)37)22-13-8-12-21(18-22)33-30(36)29(20-10-4-2-5-11-20)38-23-14-6-3-7-15-23/h2-7,9-11,14-17,21-22,29H,8,12-13,18H2,1H3,(H,33,36). The first-order valence-corrected chi connectivity index (χ1v) is 13.5. The molecule has 39 heavy (non-hydrogen) atoms. The number of aryl methyl sites for hydroxylation is 1. The lowest BCUT2D eigenvalue weighted by Crippen LogP contribution is -2.43. The van der Waals surface area contributed by atoms with Gasteiger partial charge in [0.15, 0.2) is 0 Å². The molecule has 1 amide bonds. The van der Waals surface area contributed by atoms with Gasteiger partial charge in [0, 0.05) is 23.0 Å². The van der Waals surface area contributed by atoms with E-state index < -0.39 is 6.10 Å². The topological polar surface area (TPSA) is 86.4 Å². The summed E-state index contributed by atoms with van der Waals surface area (Å²) in [4.78, 5) is 27.4. The van der Waals surface area contributed by atoms with Gasteiger partial charge in [0.25, 0.3) is 11.5 Å². The van der Waals surface area contributed by atoms with Gasteiger partial charge in [-0.05, 0) is 56.9 Å². The molecule has 1 aliphatic carbocycles. The molecule has 3 atom stereocenters. The number of nitrogens with zero attached hydrogens (tertiary/aromatic N) is 2. The molecule has 6 rings (SSSR count). The molecule has 1 saturated carbocycles. The van der Waals surface area contributed by atoms with Crippen molar-refractivity contribution in [1.29, 1.82) is 0 Å². The van der Waals surface area contributed by atoms with Gasteiger partial charge in [0.05, 0.1) is 10.5 Å². The molecule has 7 nitrogen and oxygen atoms in total. The van der Waals surface area contributed by atoms with Crippen LogP contribution in [0.4, 0.5) is 0 Å². The lowest BCUT2D eigenvalue weighted by molar-refractivity contribution is -0.129. The maximum Gasteiger partial charge on any atom is 0.266 e. The zero-order valence-electron chi connectivity index (χ0n) is 21.5. The smallest absolute Gasteiger partial charge is 0.266 e. The summed E-state index contributed by atoms with van der Waals surface area (Å²) in [6.07, 6.45) is 2.30. The molecule has 0 radical (unpaired) electrons. The van der Waals surface area contributed by atoms with Gasteiger partial charge >= 0.3 is 0 Å². The predicted molar refractivity (Wildman–Crippen MR) is 151 cm³/mol. The zero-order valence-corrected chi connectivity index (χ0v) is 22.2. The van der Waals surface area contributed by atoms with Crippen molar-refractivity contribution in [3.63, 3.8) is 0 Å². The average molecular weight is 542 g/mol. The Morgan fingerprint density at radius 3 is 2.54 bits per heavy atom. The maximum atomic E-state index is 13.8. The Hall–Kier alpha value is -4.10. The minimum absolute atomic E-state index is 0.123. The number of carbonyl (C=O) groups excluding carboxylic acids is 1. The lowest BCUT2D eigenvalue weighted by Gasteiger charge is -2.33.